The summed E-state index contributed by atoms with van der Waals surface area (Å²) in [5, 5.41) is 10.4. The van der Waals surface area contributed by atoms with Crippen molar-refractivity contribution in [3.8, 4) is 17.0 Å². The number of aromatic nitrogens is 2. The van der Waals surface area contributed by atoms with Gasteiger partial charge >= 0.3 is 6.09 Å². The second-order valence-corrected chi connectivity index (χ2v) is 9.77. The molecule has 2 aromatic rings. The molecule has 2 aromatic heterocycles. The van der Waals surface area contributed by atoms with Gasteiger partial charge in [0, 0.05) is 23.0 Å². The van der Waals surface area contributed by atoms with Crippen LogP contribution in [0.3, 0.4) is 0 Å². The fourth-order valence-corrected chi connectivity index (χ4v) is 4.25. The number of amides is 1. The maximum atomic E-state index is 12.1. The molecule has 6 nitrogen and oxygen atoms in total. The van der Waals surface area contributed by atoms with Crippen LogP contribution in [-0.4, -0.2) is 43.8 Å². The zero-order valence-corrected chi connectivity index (χ0v) is 19.6. The number of hydrogen-bond acceptors (Lipinski definition) is 4. The van der Waals surface area contributed by atoms with Gasteiger partial charge in [-0.25, -0.2) is 4.79 Å². The van der Waals surface area contributed by atoms with Crippen molar-refractivity contribution in [1.82, 2.24) is 14.9 Å². The quantitative estimate of drug-likeness (QED) is 0.573. The van der Waals surface area contributed by atoms with Gasteiger partial charge < -0.3 is 9.84 Å². The normalized spacial score (nSPS) is 13.8. The number of carbonyl (C=O) groups is 1. The molecule has 2 rings (SSSR count). The van der Waals surface area contributed by atoms with Crippen molar-refractivity contribution in [2.75, 3.05) is 6.61 Å². The van der Waals surface area contributed by atoms with Crippen molar-refractivity contribution in [1.29, 1.82) is 0 Å². The van der Waals surface area contributed by atoms with Crippen LogP contribution in [0.1, 0.15) is 53.7 Å². The van der Waals surface area contributed by atoms with Crippen LogP contribution in [0.15, 0.2) is 30.6 Å². The number of aryl methyl sites for hydroxylation is 1. The van der Waals surface area contributed by atoms with Crippen LogP contribution in [0.2, 0.25) is 5.02 Å². The summed E-state index contributed by atoms with van der Waals surface area (Å²) in [4.78, 5) is 22.3. The fourth-order valence-electron chi connectivity index (χ4n) is 4.04. The van der Waals surface area contributed by atoms with Gasteiger partial charge in [-0.1, -0.05) is 25.4 Å². The molecule has 0 aliphatic rings. The lowest BCUT2D eigenvalue weighted by molar-refractivity contribution is -0.0109. The number of pyridine rings is 2. The van der Waals surface area contributed by atoms with Crippen LogP contribution in [-0.2, 0) is 0 Å². The van der Waals surface area contributed by atoms with Crippen molar-refractivity contribution < 1.29 is 14.6 Å². The highest BCUT2D eigenvalue weighted by atomic mass is 35.5. The SMILES string of the molecule is Cc1cc(-c2cc(Cl)c(OC[C@](C)(CC(C)C)N(C(=O)O)C(C)(C)C)cn2)ccn1. The molecule has 1 N–H and O–H groups in total. The van der Waals surface area contributed by atoms with Gasteiger partial charge in [-0.05, 0) is 65.2 Å². The van der Waals surface area contributed by atoms with Crippen molar-refractivity contribution in [2.45, 2.75) is 66.0 Å². The zero-order valence-electron chi connectivity index (χ0n) is 18.9. The molecule has 0 spiro atoms. The summed E-state index contributed by atoms with van der Waals surface area (Å²) in [5.41, 5.74) is 1.23. The lowest BCUT2D eigenvalue weighted by Gasteiger charge is -2.47. The molecular formula is C23H32ClN3O3. The Bertz CT molecular complexity index is 896. The van der Waals surface area contributed by atoms with Crippen LogP contribution in [0.5, 0.6) is 5.75 Å². The summed E-state index contributed by atoms with van der Waals surface area (Å²) >= 11 is 6.48. The second kappa shape index (κ2) is 9.21. The molecule has 0 aliphatic heterocycles. The molecule has 0 fully saturated rings. The Morgan fingerprint density at radius 3 is 2.40 bits per heavy atom. The van der Waals surface area contributed by atoms with Crippen molar-refractivity contribution >= 4 is 17.7 Å². The number of rotatable bonds is 7. The van der Waals surface area contributed by atoms with Crippen LogP contribution < -0.4 is 4.74 Å². The average Bonchev–Trinajstić information content (AvgIpc) is 2.58. The van der Waals surface area contributed by atoms with Gasteiger partial charge in [-0.2, -0.15) is 0 Å². The predicted molar refractivity (Wildman–Crippen MR) is 120 cm³/mol. The van der Waals surface area contributed by atoms with E-state index in [0.717, 1.165) is 17.0 Å². The summed E-state index contributed by atoms with van der Waals surface area (Å²) in [6.07, 6.45) is 3.00. The number of ether oxygens (including phenoxy) is 1. The van der Waals surface area contributed by atoms with E-state index in [9.17, 15) is 9.90 Å². The van der Waals surface area contributed by atoms with Crippen molar-refractivity contribution in [2.24, 2.45) is 5.92 Å². The lowest BCUT2D eigenvalue weighted by Crippen LogP contribution is -2.61. The smallest absolute Gasteiger partial charge is 0.408 e. The molecule has 7 heteroatoms. The van der Waals surface area contributed by atoms with E-state index < -0.39 is 17.2 Å². The molecule has 0 saturated heterocycles. The van der Waals surface area contributed by atoms with Gasteiger partial charge in [0.25, 0.3) is 0 Å². The Kier molecular flexibility index (Phi) is 7.35. The minimum absolute atomic E-state index is 0.170. The lowest BCUT2D eigenvalue weighted by atomic mass is 9.86. The molecule has 1 amide bonds. The molecule has 164 valence electrons. The van der Waals surface area contributed by atoms with Crippen molar-refractivity contribution in [3.63, 3.8) is 0 Å². The molecule has 0 aromatic carbocycles. The zero-order chi connectivity index (χ0) is 22.7. The summed E-state index contributed by atoms with van der Waals surface area (Å²) in [7, 11) is 0. The van der Waals surface area contributed by atoms with Gasteiger partial charge in [-0.3, -0.25) is 14.9 Å². The molecule has 1 atom stereocenters. The number of nitrogens with zero attached hydrogens (tertiary/aromatic N) is 3. The molecule has 2 heterocycles. The van der Waals surface area contributed by atoms with Gasteiger partial charge in [0.1, 0.15) is 6.61 Å². The van der Waals surface area contributed by atoms with Gasteiger partial charge in [0.05, 0.1) is 22.5 Å². The Labute approximate surface area is 184 Å². The Balaban J connectivity index is 2.29. The van der Waals surface area contributed by atoms with E-state index in [1.165, 1.54) is 4.90 Å². The highest BCUT2D eigenvalue weighted by molar-refractivity contribution is 6.32. The standard InChI is InChI=1S/C23H32ClN3O3/c1-15(2)12-23(7,27(21(28)29)22(4,5)6)14-30-20-13-26-19(11-18(20)24)17-8-9-25-16(3)10-17/h8-11,13,15H,12,14H2,1-7H3,(H,28,29)/t23-/m0/s1. The second-order valence-electron chi connectivity index (χ2n) is 9.36. The first-order valence-corrected chi connectivity index (χ1v) is 10.5. The summed E-state index contributed by atoms with van der Waals surface area (Å²) in [5.74, 6) is 0.717. The van der Waals surface area contributed by atoms with Gasteiger partial charge in [-0.15, -0.1) is 0 Å². The first kappa shape index (κ1) is 23.9. The molecule has 0 saturated carbocycles. The third kappa shape index (κ3) is 5.85. The van der Waals surface area contributed by atoms with E-state index >= 15 is 0 Å². The largest absolute Gasteiger partial charge is 0.488 e. The van der Waals surface area contributed by atoms with Crippen molar-refractivity contribution in [3.05, 3.63) is 41.3 Å². The van der Waals surface area contributed by atoms with E-state index in [1.54, 1.807) is 18.5 Å². The number of carboxylic acid groups (broad SMARTS) is 1. The highest BCUT2D eigenvalue weighted by Gasteiger charge is 2.43. The molecule has 0 unspecified atom stereocenters. The third-order valence-corrected chi connectivity index (χ3v) is 5.10. The molecule has 30 heavy (non-hydrogen) atoms. The molecule has 0 bridgehead atoms. The Morgan fingerprint density at radius 2 is 1.90 bits per heavy atom. The maximum absolute atomic E-state index is 12.1. The topological polar surface area (TPSA) is 75.5 Å². The monoisotopic (exact) mass is 433 g/mol. The van der Waals surface area contributed by atoms with Crippen LogP contribution in [0.25, 0.3) is 11.3 Å². The molecule has 0 radical (unpaired) electrons. The van der Waals surface area contributed by atoms with E-state index in [-0.39, 0.29) is 12.5 Å². The highest BCUT2D eigenvalue weighted by Crippen LogP contribution is 2.34. The minimum Gasteiger partial charge on any atom is -0.488 e. The van der Waals surface area contributed by atoms with Crippen LogP contribution in [0.4, 0.5) is 4.79 Å². The molecule has 0 aliphatic carbocycles. The third-order valence-electron chi connectivity index (χ3n) is 4.80. The van der Waals surface area contributed by atoms with Crippen LogP contribution in [0, 0.1) is 12.8 Å². The minimum atomic E-state index is -0.970. The van der Waals surface area contributed by atoms with E-state index in [4.69, 9.17) is 16.3 Å². The Morgan fingerprint density at radius 1 is 1.23 bits per heavy atom. The molecular weight excluding hydrogens is 402 g/mol. The number of halogens is 1. The number of hydrogen-bond donors (Lipinski definition) is 1. The fraction of sp³-hybridized carbons (Fsp3) is 0.522. The van der Waals surface area contributed by atoms with Crippen LogP contribution >= 0.6 is 11.6 Å². The summed E-state index contributed by atoms with van der Waals surface area (Å²) < 4.78 is 6.03. The van der Waals surface area contributed by atoms with Gasteiger partial charge in [0.15, 0.2) is 5.75 Å². The maximum Gasteiger partial charge on any atom is 0.408 e. The van der Waals surface area contributed by atoms with Gasteiger partial charge in [0.2, 0.25) is 0 Å². The summed E-state index contributed by atoms with van der Waals surface area (Å²) in [6.45, 7) is 13.8. The predicted octanol–water partition coefficient (Wildman–Crippen LogP) is 6.07. The first-order valence-electron chi connectivity index (χ1n) is 10.1. The van der Waals surface area contributed by atoms with E-state index in [2.05, 4.69) is 23.8 Å². The Hall–Kier alpha value is -2.34. The van der Waals surface area contributed by atoms with E-state index in [0.29, 0.717) is 17.2 Å². The summed E-state index contributed by atoms with van der Waals surface area (Å²) in [6, 6.07) is 5.57. The van der Waals surface area contributed by atoms with E-state index in [1.807, 2.05) is 46.8 Å². The first-order chi connectivity index (χ1) is 13.8. The average molecular weight is 434 g/mol.